The predicted molar refractivity (Wildman–Crippen MR) is 57.4 cm³/mol. The maximum Gasteiger partial charge on any atom is 0.419 e. The van der Waals surface area contributed by atoms with Crippen LogP contribution in [0.3, 0.4) is 0 Å². The monoisotopic (exact) mass is 276 g/mol. The third kappa shape index (κ3) is 2.59. The molecule has 2 rings (SSSR count). The van der Waals surface area contributed by atoms with E-state index in [0.29, 0.717) is 6.07 Å². The Labute approximate surface area is 104 Å². The Hall–Kier alpha value is -1.69. The van der Waals surface area contributed by atoms with E-state index in [1.807, 2.05) is 0 Å². The first-order valence-corrected chi connectivity index (χ1v) is 5.12. The Morgan fingerprint density at radius 1 is 1.00 bits per heavy atom. The van der Waals surface area contributed by atoms with Crippen LogP contribution in [0.2, 0.25) is 5.15 Å². The predicted octanol–water partition coefficient (Wildman–Crippen LogP) is 3.95. The Kier molecular flexibility index (Phi) is 3.21. The molecule has 0 bridgehead atoms. The van der Waals surface area contributed by atoms with Crippen molar-refractivity contribution in [3.05, 3.63) is 46.9 Å². The molecule has 0 radical (unpaired) electrons. The largest absolute Gasteiger partial charge is 0.419 e. The zero-order valence-corrected chi connectivity index (χ0v) is 9.43. The summed E-state index contributed by atoms with van der Waals surface area (Å²) in [4.78, 5) is 0. The quantitative estimate of drug-likeness (QED) is 0.737. The Bertz CT molecular complexity index is 566. The van der Waals surface area contributed by atoms with Crippen LogP contribution in [0, 0.1) is 5.82 Å². The first-order valence-electron chi connectivity index (χ1n) is 4.74. The lowest BCUT2D eigenvalue weighted by Gasteiger charge is -2.09. The molecule has 2 aromatic rings. The summed E-state index contributed by atoms with van der Waals surface area (Å²) in [6.45, 7) is 0. The van der Waals surface area contributed by atoms with Gasteiger partial charge in [-0.2, -0.15) is 13.2 Å². The summed E-state index contributed by atoms with van der Waals surface area (Å²) in [7, 11) is 0. The van der Waals surface area contributed by atoms with Crippen LogP contribution in [0.1, 0.15) is 5.56 Å². The van der Waals surface area contributed by atoms with Crippen LogP contribution in [0.4, 0.5) is 17.6 Å². The van der Waals surface area contributed by atoms with Crippen molar-refractivity contribution in [2.24, 2.45) is 0 Å². The molecule has 0 aliphatic rings. The first-order chi connectivity index (χ1) is 8.38. The number of aromatic nitrogens is 2. The molecule has 0 aliphatic carbocycles. The molecule has 1 heterocycles. The lowest BCUT2D eigenvalue weighted by molar-refractivity contribution is -0.139. The van der Waals surface area contributed by atoms with Gasteiger partial charge in [0.15, 0.2) is 5.15 Å². The zero-order valence-electron chi connectivity index (χ0n) is 8.67. The minimum Gasteiger partial charge on any atom is -0.206 e. The molecule has 18 heavy (non-hydrogen) atoms. The average Bonchev–Trinajstić information content (AvgIpc) is 2.29. The zero-order chi connectivity index (χ0) is 13.3. The van der Waals surface area contributed by atoms with Crippen LogP contribution < -0.4 is 0 Å². The summed E-state index contributed by atoms with van der Waals surface area (Å²) in [6.07, 6.45) is -4.75. The molecule has 0 amide bonds. The molecular weight excluding hydrogens is 272 g/mol. The van der Waals surface area contributed by atoms with Gasteiger partial charge in [0.1, 0.15) is 5.82 Å². The topological polar surface area (TPSA) is 25.8 Å². The normalized spacial score (nSPS) is 11.6. The second-order valence-electron chi connectivity index (χ2n) is 3.43. The third-order valence-corrected chi connectivity index (χ3v) is 2.40. The van der Waals surface area contributed by atoms with Crippen molar-refractivity contribution < 1.29 is 17.6 Å². The van der Waals surface area contributed by atoms with E-state index < -0.39 is 17.6 Å². The van der Waals surface area contributed by atoms with Gasteiger partial charge in [-0.3, -0.25) is 0 Å². The van der Waals surface area contributed by atoms with E-state index in [4.69, 9.17) is 11.6 Å². The number of hydrogen-bond donors (Lipinski definition) is 0. The smallest absolute Gasteiger partial charge is 0.206 e. The van der Waals surface area contributed by atoms with E-state index in [1.54, 1.807) is 0 Å². The lowest BCUT2D eigenvalue weighted by Crippen LogP contribution is -2.08. The SMILES string of the molecule is Fc1ccc(-c2ccc(Cl)nn2)cc1C(F)(F)F. The second kappa shape index (κ2) is 4.53. The second-order valence-corrected chi connectivity index (χ2v) is 3.82. The molecule has 1 aromatic heterocycles. The molecule has 0 saturated heterocycles. The van der Waals surface area contributed by atoms with E-state index in [1.165, 1.54) is 18.2 Å². The van der Waals surface area contributed by atoms with Gasteiger partial charge in [0.05, 0.1) is 11.3 Å². The average molecular weight is 277 g/mol. The molecule has 0 spiro atoms. The van der Waals surface area contributed by atoms with Crippen LogP contribution in [0.25, 0.3) is 11.3 Å². The van der Waals surface area contributed by atoms with Crippen molar-refractivity contribution in [3.8, 4) is 11.3 Å². The number of hydrogen-bond acceptors (Lipinski definition) is 2. The number of alkyl halides is 3. The fourth-order valence-electron chi connectivity index (χ4n) is 1.37. The Morgan fingerprint density at radius 2 is 1.72 bits per heavy atom. The minimum absolute atomic E-state index is 0.118. The molecule has 1 aromatic carbocycles. The fourth-order valence-corrected chi connectivity index (χ4v) is 1.47. The number of rotatable bonds is 1. The van der Waals surface area contributed by atoms with E-state index in [2.05, 4.69) is 10.2 Å². The summed E-state index contributed by atoms with van der Waals surface area (Å²) >= 11 is 5.51. The van der Waals surface area contributed by atoms with Gasteiger partial charge in [-0.05, 0) is 30.3 Å². The van der Waals surface area contributed by atoms with E-state index in [9.17, 15) is 17.6 Å². The van der Waals surface area contributed by atoms with Gasteiger partial charge in [-0.15, -0.1) is 10.2 Å². The number of nitrogens with zero attached hydrogens (tertiary/aromatic N) is 2. The molecule has 94 valence electrons. The van der Waals surface area contributed by atoms with Crippen LogP contribution in [0.5, 0.6) is 0 Å². The summed E-state index contributed by atoms with van der Waals surface area (Å²) in [6, 6.07) is 5.42. The maximum atomic E-state index is 13.1. The van der Waals surface area contributed by atoms with Gasteiger partial charge in [0, 0.05) is 5.56 Å². The molecule has 7 heteroatoms. The molecule has 0 aliphatic heterocycles. The summed E-state index contributed by atoms with van der Waals surface area (Å²) in [5.41, 5.74) is -1.03. The van der Waals surface area contributed by atoms with Crippen LogP contribution in [-0.4, -0.2) is 10.2 Å². The molecule has 0 N–H and O–H groups in total. The minimum atomic E-state index is -4.75. The maximum absolute atomic E-state index is 13.1. The van der Waals surface area contributed by atoms with E-state index in [0.717, 1.165) is 6.07 Å². The van der Waals surface area contributed by atoms with Crippen molar-refractivity contribution in [1.29, 1.82) is 0 Å². The fraction of sp³-hybridized carbons (Fsp3) is 0.0909. The highest BCUT2D eigenvalue weighted by Gasteiger charge is 2.34. The number of benzene rings is 1. The Morgan fingerprint density at radius 3 is 2.28 bits per heavy atom. The lowest BCUT2D eigenvalue weighted by atomic mass is 10.1. The van der Waals surface area contributed by atoms with Gasteiger partial charge in [-0.25, -0.2) is 4.39 Å². The van der Waals surface area contributed by atoms with Crippen LogP contribution >= 0.6 is 11.6 Å². The van der Waals surface area contributed by atoms with Crippen molar-refractivity contribution in [1.82, 2.24) is 10.2 Å². The van der Waals surface area contributed by atoms with Crippen LogP contribution in [0.15, 0.2) is 30.3 Å². The van der Waals surface area contributed by atoms with Crippen molar-refractivity contribution in [2.75, 3.05) is 0 Å². The van der Waals surface area contributed by atoms with Crippen molar-refractivity contribution >= 4 is 11.6 Å². The molecule has 0 saturated carbocycles. The van der Waals surface area contributed by atoms with E-state index >= 15 is 0 Å². The number of halogens is 5. The highest BCUT2D eigenvalue weighted by Crippen LogP contribution is 2.33. The standard InChI is InChI=1S/C11H5ClF4N2/c12-10-4-3-9(17-18-10)6-1-2-8(13)7(5-6)11(14,15)16/h1-5H. The molecule has 0 unspecified atom stereocenters. The van der Waals surface area contributed by atoms with Gasteiger partial charge in [0.2, 0.25) is 0 Å². The molecular formula is C11H5ClF4N2. The molecule has 2 nitrogen and oxygen atoms in total. The third-order valence-electron chi connectivity index (χ3n) is 2.20. The summed E-state index contributed by atoms with van der Waals surface area (Å²) in [5.74, 6) is -1.33. The Balaban J connectivity index is 2.50. The summed E-state index contributed by atoms with van der Waals surface area (Å²) < 4.78 is 50.6. The highest BCUT2D eigenvalue weighted by molar-refractivity contribution is 6.29. The highest BCUT2D eigenvalue weighted by atomic mass is 35.5. The van der Waals surface area contributed by atoms with Crippen molar-refractivity contribution in [3.63, 3.8) is 0 Å². The van der Waals surface area contributed by atoms with Crippen LogP contribution in [-0.2, 0) is 6.18 Å². The van der Waals surface area contributed by atoms with Gasteiger partial charge in [0.25, 0.3) is 0 Å². The first kappa shape index (κ1) is 12.8. The molecule has 0 fully saturated rings. The van der Waals surface area contributed by atoms with Gasteiger partial charge in [-0.1, -0.05) is 11.6 Å². The van der Waals surface area contributed by atoms with Gasteiger partial charge < -0.3 is 0 Å². The van der Waals surface area contributed by atoms with Crippen molar-refractivity contribution in [2.45, 2.75) is 6.18 Å². The van der Waals surface area contributed by atoms with E-state index in [-0.39, 0.29) is 16.4 Å². The summed E-state index contributed by atoms with van der Waals surface area (Å²) in [5, 5.41) is 7.26. The van der Waals surface area contributed by atoms with Gasteiger partial charge >= 0.3 is 6.18 Å². The molecule has 0 atom stereocenters.